The molecule has 0 aliphatic heterocycles. The third-order valence-corrected chi connectivity index (χ3v) is 2.71. The highest BCUT2D eigenvalue weighted by atomic mass is 16.2. The Hall–Kier alpha value is -1.65. The van der Waals surface area contributed by atoms with E-state index in [2.05, 4.69) is 29.1 Å². The monoisotopic (exact) mass is 236 g/mol. The molecular weight excluding hydrogens is 216 g/mol. The van der Waals surface area contributed by atoms with Gasteiger partial charge < -0.3 is 10.2 Å². The molecule has 0 aliphatic carbocycles. The Bertz CT molecular complexity index is 353. The molecule has 0 saturated carbocycles. The van der Waals surface area contributed by atoms with Crippen LogP contribution in [-0.2, 0) is 4.79 Å². The van der Waals surface area contributed by atoms with Gasteiger partial charge in [-0.3, -0.25) is 9.78 Å². The smallest absolute Gasteiger partial charge is 0.239 e. The molecule has 1 heterocycles. The molecule has 1 aromatic heterocycles. The molecule has 0 aromatic carbocycles. The Morgan fingerprint density at radius 1 is 1.41 bits per heavy atom. The number of nitrogens with zero attached hydrogens (tertiary/aromatic N) is 3. The fraction of sp³-hybridized carbons (Fsp3) is 0.583. The maximum absolute atomic E-state index is 11.7. The van der Waals surface area contributed by atoms with Gasteiger partial charge in [0.1, 0.15) is 5.82 Å². The van der Waals surface area contributed by atoms with E-state index in [9.17, 15) is 4.79 Å². The molecule has 94 valence electrons. The van der Waals surface area contributed by atoms with Gasteiger partial charge in [0.25, 0.3) is 0 Å². The molecule has 1 amide bonds. The van der Waals surface area contributed by atoms with Crippen molar-refractivity contribution in [1.82, 2.24) is 15.3 Å². The van der Waals surface area contributed by atoms with Crippen LogP contribution in [0.2, 0.25) is 0 Å². The first-order chi connectivity index (χ1) is 8.00. The van der Waals surface area contributed by atoms with Crippen LogP contribution in [-0.4, -0.2) is 35.5 Å². The third-order valence-electron chi connectivity index (χ3n) is 2.71. The summed E-state index contributed by atoms with van der Waals surface area (Å²) in [6, 6.07) is 0.178. The zero-order chi connectivity index (χ0) is 12.8. The standard InChI is InChI=1S/C12H20N4O/c1-9(2)10(3)15-12(17)8-16(4)11-7-13-5-6-14-11/h5-7,9-10H,8H2,1-4H3,(H,15,17)/t10-/m0/s1. The molecule has 1 rings (SSSR count). The Morgan fingerprint density at radius 2 is 2.12 bits per heavy atom. The lowest BCUT2D eigenvalue weighted by Gasteiger charge is -2.21. The van der Waals surface area contributed by atoms with Gasteiger partial charge in [0.2, 0.25) is 5.91 Å². The molecular formula is C12H20N4O. The molecule has 17 heavy (non-hydrogen) atoms. The minimum Gasteiger partial charge on any atom is -0.352 e. The molecule has 1 atom stereocenters. The summed E-state index contributed by atoms with van der Waals surface area (Å²) in [5.74, 6) is 1.12. The summed E-state index contributed by atoms with van der Waals surface area (Å²) in [6.07, 6.45) is 4.86. The molecule has 0 bridgehead atoms. The van der Waals surface area contributed by atoms with E-state index in [0.717, 1.165) is 0 Å². The second-order valence-corrected chi connectivity index (χ2v) is 4.52. The number of rotatable bonds is 5. The largest absolute Gasteiger partial charge is 0.352 e. The Morgan fingerprint density at radius 3 is 2.65 bits per heavy atom. The van der Waals surface area contributed by atoms with Gasteiger partial charge in [-0.1, -0.05) is 13.8 Å². The lowest BCUT2D eigenvalue weighted by molar-refractivity contribution is -0.120. The van der Waals surface area contributed by atoms with E-state index >= 15 is 0 Å². The van der Waals surface area contributed by atoms with Crippen LogP contribution in [0.3, 0.4) is 0 Å². The van der Waals surface area contributed by atoms with Crippen molar-refractivity contribution < 1.29 is 4.79 Å². The highest BCUT2D eigenvalue weighted by Gasteiger charge is 2.13. The van der Waals surface area contributed by atoms with Crippen LogP contribution < -0.4 is 10.2 Å². The third kappa shape index (κ3) is 4.38. The first-order valence-corrected chi connectivity index (χ1v) is 5.77. The highest BCUT2D eigenvalue weighted by Crippen LogP contribution is 2.04. The van der Waals surface area contributed by atoms with Gasteiger partial charge in [-0.05, 0) is 12.8 Å². The minimum atomic E-state index is -0.000599. The van der Waals surface area contributed by atoms with Crippen molar-refractivity contribution in [3.63, 3.8) is 0 Å². The van der Waals surface area contributed by atoms with Crippen LogP contribution in [0, 0.1) is 5.92 Å². The predicted octanol–water partition coefficient (Wildman–Crippen LogP) is 1.07. The van der Waals surface area contributed by atoms with Crippen molar-refractivity contribution in [3.05, 3.63) is 18.6 Å². The predicted molar refractivity (Wildman–Crippen MR) is 67.7 cm³/mol. The summed E-state index contributed by atoms with van der Waals surface area (Å²) >= 11 is 0. The molecule has 0 saturated heterocycles. The van der Waals surface area contributed by atoms with E-state index in [0.29, 0.717) is 11.7 Å². The van der Waals surface area contributed by atoms with Gasteiger partial charge in [0.05, 0.1) is 12.7 Å². The van der Waals surface area contributed by atoms with E-state index in [1.165, 1.54) is 0 Å². The number of likely N-dealkylation sites (N-methyl/N-ethyl adjacent to an activating group) is 1. The summed E-state index contributed by atoms with van der Waals surface area (Å²) < 4.78 is 0. The number of carbonyl (C=O) groups excluding carboxylic acids is 1. The van der Waals surface area contributed by atoms with Crippen molar-refractivity contribution >= 4 is 11.7 Å². The second kappa shape index (κ2) is 6.18. The van der Waals surface area contributed by atoms with Crippen LogP contribution in [0.1, 0.15) is 20.8 Å². The quantitative estimate of drug-likeness (QED) is 0.831. The second-order valence-electron chi connectivity index (χ2n) is 4.52. The highest BCUT2D eigenvalue weighted by molar-refractivity contribution is 5.81. The van der Waals surface area contributed by atoms with Gasteiger partial charge in [0.15, 0.2) is 0 Å². The van der Waals surface area contributed by atoms with Gasteiger partial charge in [0, 0.05) is 25.5 Å². The summed E-state index contributed by atoms with van der Waals surface area (Å²) in [4.78, 5) is 21.6. The van der Waals surface area contributed by atoms with Gasteiger partial charge in [-0.25, -0.2) is 4.98 Å². The Balaban J connectivity index is 2.47. The number of hydrogen-bond donors (Lipinski definition) is 1. The lowest BCUT2D eigenvalue weighted by atomic mass is 10.1. The molecule has 0 spiro atoms. The SMILES string of the molecule is CC(C)[C@H](C)NC(=O)CN(C)c1cnccn1. The average Bonchev–Trinajstić information content (AvgIpc) is 2.29. The Kier molecular flexibility index (Phi) is 4.87. The van der Waals surface area contributed by atoms with Crippen molar-refractivity contribution in [3.8, 4) is 0 Å². The van der Waals surface area contributed by atoms with Crippen molar-refractivity contribution in [2.24, 2.45) is 5.92 Å². The number of carbonyl (C=O) groups is 1. The molecule has 5 nitrogen and oxygen atoms in total. The van der Waals surface area contributed by atoms with E-state index in [1.807, 2.05) is 14.0 Å². The fourth-order valence-corrected chi connectivity index (χ4v) is 1.25. The number of nitrogens with one attached hydrogen (secondary N) is 1. The topological polar surface area (TPSA) is 58.1 Å². The number of anilines is 1. The zero-order valence-electron chi connectivity index (χ0n) is 10.8. The molecule has 1 aromatic rings. The summed E-state index contributed by atoms with van der Waals surface area (Å²) in [6.45, 7) is 6.45. The lowest BCUT2D eigenvalue weighted by Crippen LogP contribution is -2.42. The number of amides is 1. The first kappa shape index (κ1) is 13.4. The van der Waals surface area contributed by atoms with Crippen LogP contribution in [0.5, 0.6) is 0 Å². The maximum atomic E-state index is 11.7. The van der Waals surface area contributed by atoms with Gasteiger partial charge in [-0.2, -0.15) is 0 Å². The van der Waals surface area contributed by atoms with Crippen LogP contribution >= 0.6 is 0 Å². The van der Waals surface area contributed by atoms with Crippen molar-refractivity contribution in [1.29, 1.82) is 0 Å². The number of aromatic nitrogens is 2. The maximum Gasteiger partial charge on any atom is 0.239 e. The molecule has 0 unspecified atom stereocenters. The van der Waals surface area contributed by atoms with E-state index in [-0.39, 0.29) is 18.5 Å². The first-order valence-electron chi connectivity index (χ1n) is 5.77. The normalized spacial score (nSPS) is 12.3. The van der Waals surface area contributed by atoms with Crippen molar-refractivity contribution in [2.45, 2.75) is 26.8 Å². The average molecular weight is 236 g/mol. The Labute approximate surface area is 102 Å². The van der Waals surface area contributed by atoms with E-state index < -0.39 is 0 Å². The summed E-state index contributed by atoms with van der Waals surface area (Å²) in [7, 11) is 1.82. The van der Waals surface area contributed by atoms with E-state index in [4.69, 9.17) is 0 Å². The summed E-state index contributed by atoms with van der Waals surface area (Å²) in [5.41, 5.74) is 0. The van der Waals surface area contributed by atoms with Gasteiger partial charge >= 0.3 is 0 Å². The molecule has 0 radical (unpaired) electrons. The van der Waals surface area contributed by atoms with Crippen LogP contribution in [0.25, 0.3) is 0 Å². The summed E-state index contributed by atoms with van der Waals surface area (Å²) in [5, 5.41) is 2.95. The number of hydrogen-bond acceptors (Lipinski definition) is 4. The molecule has 0 fully saturated rings. The van der Waals surface area contributed by atoms with Crippen LogP contribution in [0.4, 0.5) is 5.82 Å². The minimum absolute atomic E-state index is 0.000599. The van der Waals surface area contributed by atoms with E-state index in [1.54, 1.807) is 23.5 Å². The molecule has 1 N–H and O–H groups in total. The fourth-order valence-electron chi connectivity index (χ4n) is 1.25. The zero-order valence-corrected chi connectivity index (χ0v) is 10.8. The van der Waals surface area contributed by atoms with Crippen molar-refractivity contribution in [2.75, 3.05) is 18.5 Å². The van der Waals surface area contributed by atoms with Gasteiger partial charge in [-0.15, -0.1) is 0 Å². The molecule has 5 heteroatoms. The molecule has 0 aliphatic rings. The van der Waals surface area contributed by atoms with Crippen LogP contribution in [0.15, 0.2) is 18.6 Å².